The first-order valence-corrected chi connectivity index (χ1v) is 9.10. The summed E-state index contributed by atoms with van der Waals surface area (Å²) < 4.78 is 11.6. The minimum absolute atomic E-state index is 0.0765. The van der Waals surface area contributed by atoms with Gasteiger partial charge in [-0.05, 0) is 57.6 Å². The summed E-state index contributed by atoms with van der Waals surface area (Å²) in [5, 5.41) is 12.3. The van der Waals surface area contributed by atoms with Gasteiger partial charge in [-0.25, -0.2) is 0 Å². The van der Waals surface area contributed by atoms with E-state index < -0.39 is 5.60 Å². The fourth-order valence-electron chi connectivity index (χ4n) is 2.68. The first-order valence-electron chi connectivity index (χ1n) is 9.10. The molecule has 1 N–H and O–H groups in total. The van der Waals surface area contributed by atoms with Crippen molar-refractivity contribution in [2.75, 3.05) is 11.9 Å². The zero-order valence-electron chi connectivity index (χ0n) is 15.6. The molecule has 0 saturated heterocycles. The molecule has 136 valence electrons. The Morgan fingerprint density at radius 1 is 1.44 bits per heavy atom. The number of benzene rings is 1. The van der Waals surface area contributed by atoms with E-state index in [9.17, 15) is 10.1 Å². The third-order valence-corrected chi connectivity index (χ3v) is 4.69. The lowest BCUT2D eigenvalue weighted by molar-refractivity contribution is -0.142. The Bertz CT molecular complexity index is 649. The van der Waals surface area contributed by atoms with Crippen molar-refractivity contribution in [3.8, 4) is 11.8 Å². The summed E-state index contributed by atoms with van der Waals surface area (Å²) >= 11 is 0. The van der Waals surface area contributed by atoms with E-state index in [4.69, 9.17) is 9.47 Å². The topological polar surface area (TPSA) is 71.3 Å². The highest BCUT2D eigenvalue weighted by Gasteiger charge is 2.48. The Balaban J connectivity index is 2.15. The molecule has 5 nitrogen and oxygen atoms in total. The molecule has 0 spiro atoms. The molecule has 25 heavy (non-hydrogen) atoms. The molecular formula is C20H28N2O3. The maximum atomic E-state index is 12.8. The Kier molecular flexibility index (Phi) is 6.44. The molecule has 1 aliphatic rings. The number of anilines is 1. The number of nitrogens with zero attached hydrogens (tertiary/aromatic N) is 1. The largest absolute Gasteiger partial charge is 0.491 e. The number of hydrogen-bond acceptors (Lipinski definition) is 4. The third-order valence-electron chi connectivity index (χ3n) is 4.69. The first-order chi connectivity index (χ1) is 11.9. The van der Waals surface area contributed by atoms with Crippen molar-refractivity contribution in [1.82, 2.24) is 0 Å². The van der Waals surface area contributed by atoms with E-state index in [1.54, 1.807) is 18.2 Å². The van der Waals surface area contributed by atoms with E-state index in [1.165, 1.54) is 0 Å². The van der Waals surface area contributed by atoms with Crippen LogP contribution in [0, 0.1) is 17.2 Å². The van der Waals surface area contributed by atoms with Crippen molar-refractivity contribution in [3.05, 3.63) is 23.8 Å². The van der Waals surface area contributed by atoms with Crippen LogP contribution in [-0.2, 0) is 9.53 Å². The quantitative estimate of drug-likeness (QED) is 0.726. The first kappa shape index (κ1) is 19.3. The predicted molar refractivity (Wildman–Crippen MR) is 97.5 cm³/mol. The van der Waals surface area contributed by atoms with Gasteiger partial charge in [-0.1, -0.05) is 13.8 Å². The van der Waals surface area contributed by atoms with E-state index in [-0.39, 0.29) is 17.9 Å². The van der Waals surface area contributed by atoms with Crippen molar-refractivity contribution in [2.45, 2.75) is 65.1 Å². The Hall–Kier alpha value is -2.06. The molecule has 2 atom stereocenters. The van der Waals surface area contributed by atoms with Crippen LogP contribution in [0.5, 0.6) is 5.75 Å². The lowest BCUT2D eigenvalue weighted by atomic mass is 9.98. The fourth-order valence-corrected chi connectivity index (χ4v) is 2.68. The predicted octanol–water partition coefficient (Wildman–Crippen LogP) is 4.27. The van der Waals surface area contributed by atoms with Gasteiger partial charge in [0.15, 0.2) is 0 Å². The molecule has 1 aromatic rings. The number of amides is 1. The molecule has 0 aliphatic heterocycles. The summed E-state index contributed by atoms with van der Waals surface area (Å²) in [6.07, 6.45) is 3.82. The van der Waals surface area contributed by atoms with Crippen molar-refractivity contribution in [3.63, 3.8) is 0 Å². The summed E-state index contributed by atoms with van der Waals surface area (Å²) in [6.45, 7) is 8.44. The molecule has 1 aliphatic carbocycles. The van der Waals surface area contributed by atoms with Crippen LogP contribution in [0.2, 0.25) is 0 Å². The van der Waals surface area contributed by atoms with Gasteiger partial charge < -0.3 is 14.8 Å². The van der Waals surface area contributed by atoms with Gasteiger partial charge in [-0.3, -0.25) is 4.79 Å². The molecule has 1 fully saturated rings. The van der Waals surface area contributed by atoms with Crippen LogP contribution in [0.1, 0.15) is 58.9 Å². The normalized spacial score (nSPS) is 17.2. The number of ether oxygens (including phenoxy) is 2. The van der Waals surface area contributed by atoms with Gasteiger partial charge in [0, 0.05) is 12.7 Å². The van der Waals surface area contributed by atoms with Crippen LogP contribution in [0.3, 0.4) is 0 Å². The Labute approximate surface area is 150 Å². The summed E-state index contributed by atoms with van der Waals surface area (Å²) in [6, 6.07) is 7.31. The van der Waals surface area contributed by atoms with Crippen LogP contribution in [0.15, 0.2) is 18.2 Å². The molecule has 0 unspecified atom stereocenters. The van der Waals surface area contributed by atoms with Crippen LogP contribution < -0.4 is 10.1 Å². The highest BCUT2D eigenvalue weighted by Crippen LogP contribution is 2.42. The van der Waals surface area contributed by atoms with Crippen LogP contribution in [0.25, 0.3) is 0 Å². The molecule has 1 saturated carbocycles. The SMILES string of the molecule is CCCO[C@@](C)(C(=O)Nc1ccc(O[C@@H](C)CC)cc1C#N)C1CC1. The summed E-state index contributed by atoms with van der Waals surface area (Å²) in [4.78, 5) is 12.8. The monoisotopic (exact) mass is 344 g/mol. The molecule has 2 rings (SSSR count). The molecule has 0 aromatic heterocycles. The highest BCUT2D eigenvalue weighted by atomic mass is 16.5. The average molecular weight is 344 g/mol. The standard InChI is InChI=1S/C20H28N2O3/c1-5-11-24-20(4,16-7-8-16)19(23)22-18-10-9-17(12-15(18)13-21)25-14(3)6-2/h9-10,12,14,16H,5-8,11H2,1-4H3,(H,22,23)/t14-,20+/m0/s1. The van der Waals surface area contributed by atoms with Gasteiger partial charge in [-0.2, -0.15) is 5.26 Å². The minimum Gasteiger partial charge on any atom is -0.491 e. The van der Waals surface area contributed by atoms with Crippen LogP contribution in [0.4, 0.5) is 5.69 Å². The summed E-state index contributed by atoms with van der Waals surface area (Å²) in [7, 11) is 0. The second-order valence-corrected chi connectivity index (χ2v) is 6.84. The van der Waals surface area contributed by atoms with Crippen molar-refractivity contribution in [1.29, 1.82) is 5.26 Å². The lowest BCUT2D eigenvalue weighted by Crippen LogP contribution is -2.45. The molecule has 0 radical (unpaired) electrons. The molecule has 0 heterocycles. The van der Waals surface area contributed by atoms with Crippen molar-refractivity contribution in [2.24, 2.45) is 5.92 Å². The molecule has 1 aromatic carbocycles. The lowest BCUT2D eigenvalue weighted by Gasteiger charge is -2.29. The summed E-state index contributed by atoms with van der Waals surface area (Å²) in [5.41, 5.74) is 0.0491. The smallest absolute Gasteiger partial charge is 0.256 e. The fraction of sp³-hybridized carbons (Fsp3) is 0.600. The molecule has 0 bridgehead atoms. The maximum absolute atomic E-state index is 12.8. The van der Waals surface area contributed by atoms with Crippen molar-refractivity contribution >= 4 is 11.6 Å². The zero-order valence-corrected chi connectivity index (χ0v) is 15.6. The van der Waals surface area contributed by atoms with E-state index in [1.807, 2.05) is 27.7 Å². The maximum Gasteiger partial charge on any atom is 0.256 e. The van der Waals surface area contributed by atoms with Crippen molar-refractivity contribution < 1.29 is 14.3 Å². The number of carbonyl (C=O) groups is 1. The van der Waals surface area contributed by atoms with E-state index in [2.05, 4.69) is 11.4 Å². The van der Waals surface area contributed by atoms with Gasteiger partial charge in [0.25, 0.3) is 5.91 Å². The molecular weight excluding hydrogens is 316 g/mol. The van der Waals surface area contributed by atoms with E-state index in [0.717, 1.165) is 25.7 Å². The number of hydrogen-bond donors (Lipinski definition) is 1. The number of nitrogens with one attached hydrogen (secondary N) is 1. The van der Waals surface area contributed by atoms with Crippen LogP contribution in [-0.4, -0.2) is 24.2 Å². The van der Waals surface area contributed by atoms with Crippen LogP contribution >= 0.6 is 0 Å². The second kappa shape index (κ2) is 8.35. The zero-order chi connectivity index (χ0) is 18.4. The van der Waals surface area contributed by atoms with Gasteiger partial charge in [-0.15, -0.1) is 0 Å². The average Bonchev–Trinajstić information content (AvgIpc) is 3.46. The molecule has 5 heteroatoms. The van der Waals surface area contributed by atoms with Gasteiger partial charge in [0.05, 0.1) is 17.4 Å². The summed E-state index contributed by atoms with van der Waals surface area (Å²) in [5.74, 6) is 0.698. The van der Waals surface area contributed by atoms with Gasteiger partial charge in [0.2, 0.25) is 0 Å². The number of nitriles is 1. The minimum atomic E-state index is -0.839. The van der Waals surface area contributed by atoms with Gasteiger partial charge >= 0.3 is 0 Å². The molecule has 1 amide bonds. The second-order valence-electron chi connectivity index (χ2n) is 6.84. The Morgan fingerprint density at radius 3 is 2.72 bits per heavy atom. The Morgan fingerprint density at radius 2 is 2.16 bits per heavy atom. The highest BCUT2D eigenvalue weighted by molar-refractivity contribution is 5.98. The van der Waals surface area contributed by atoms with Gasteiger partial charge in [0.1, 0.15) is 17.4 Å². The number of rotatable bonds is 9. The van der Waals surface area contributed by atoms with E-state index >= 15 is 0 Å². The third kappa shape index (κ3) is 4.73. The van der Waals surface area contributed by atoms with E-state index in [0.29, 0.717) is 23.6 Å². The number of carbonyl (C=O) groups excluding carboxylic acids is 1.